The van der Waals surface area contributed by atoms with Crippen molar-refractivity contribution in [2.75, 3.05) is 39.8 Å². The number of hydrogen-bond donors (Lipinski definition) is 0. The molecule has 65 valence electrons. The van der Waals surface area contributed by atoms with E-state index in [1.165, 1.54) is 39.1 Å². The maximum absolute atomic E-state index is 3.85. The van der Waals surface area contributed by atoms with E-state index >= 15 is 0 Å². The van der Waals surface area contributed by atoms with Crippen LogP contribution in [0.4, 0.5) is 0 Å². The average Bonchev–Trinajstić information content (AvgIpc) is 2.04. The topological polar surface area (TPSA) is 6.48 Å². The molecule has 1 aliphatic rings. The van der Waals surface area contributed by atoms with Crippen LogP contribution in [0.25, 0.3) is 0 Å². The third-order valence-electron chi connectivity index (χ3n) is 2.32. The molecular weight excluding hydrogens is 136 g/mol. The molecule has 0 N–H and O–H groups in total. The van der Waals surface area contributed by atoms with Crippen LogP contribution in [0.2, 0.25) is 0 Å². The molecule has 2 nitrogen and oxygen atoms in total. The molecule has 0 amide bonds. The summed E-state index contributed by atoms with van der Waals surface area (Å²) in [5, 5.41) is 0. The SMILES string of the molecule is [CH2]CCCN1CCN(C)CC1. The van der Waals surface area contributed by atoms with Gasteiger partial charge in [-0.2, -0.15) is 0 Å². The first-order chi connectivity index (χ1) is 5.33. The van der Waals surface area contributed by atoms with E-state index in [0.717, 1.165) is 6.42 Å². The summed E-state index contributed by atoms with van der Waals surface area (Å²) in [6.07, 6.45) is 2.33. The molecule has 0 unspecified atom stereocenters. The molecule has 1 radical (unpaired) electrons. The van der Waals surface area contributed by atoms with Crippen LogP contribution in [-0.2, 0) is 0 Å². The Bertz CT molecular complexity index is 93.0. The Morgan fingerprint density at radius 1 is 1.18 bits per heavy atom. The molecule has 0 aromatic heterocycles. The van der Waals surface area contributed by atoms with Crippen molar-refractivity contribution < 1.29 is 0 Å². The van der Waals surface area contributed by atoms with E-state index in [-0.39, 0.29) is 0 Å². The third-order valence-corrected chi connectivity index (χ3v) is 2.32. The minimum Gasteiger partial charge on any atom is -0.304 e. The number of hydrogen-bond acceptors (Lipinski definition) is 2. The Hall–Kier alpha value is -0.0800. The van der Waals surface area contributed by atoms with Crippen molar-refractivity contribution in [3.05, 3.63) is 6.92 Å². The Kier molecular flexibility index (Phi) is 3.87. The molecule has 1 aliphatic heterocycles. The van der Waals surface area contributed by atoms with Crippen LogP contribution in [0, 0.1) is 6.92 Å². The van der Waals surface area contributed by atoms with Crippen LogP contribution < -0.4 is 0 Å². The Labute approximate surface area is 70.2 Å². The first-order valence-electron chi connectivity index (χ1n) is 4.53. The van der Waals surface area contributed by atoms with Crippen LogP contribution in [0.5, 0.6) is 0 Å². The largest absolute Gasteiger partial charge is 0.304 e. The smallest absolute Gasteiger partial charge is 0.0110 e. The first kappa shape index (κ1) is 9.01. The normalized spacial score (nSPS) is 22.4. The summed E-state index contributed by atoms with van der Waals surface area (Å²) in [5.74, 6) is 0. The lowest BCUT2D eigenvalue weighted by Gasteiger charge is -2.32. The van der Waals surface area contributed by atoms with Crippen molar-refractivity contribution in [3.8, 4) is 0 Å². The molecule has 0 saturated carbocycles. The maximum Gasteiger partial charge on any atom is 0.0110 e. The van der Waals surface area contributed by atoms with Crippen molar-refractivity contribution in [2.24, 2.45) is 0 Å². The zero-order valence-corrected chi connectivity index (χ0v) is 7.55. The Balaban J connectivity index is 2.07. The Morgan fingerprint density at radius 3 is 2.36 bits per heavy atom. The monoisotopic (exact) mass is 155 g/mol. The van der Waals surface area contributed by atoms with E-state index in [9.17, 15) is 0 Å². The van der Waals surface area contributed by atoms with E-state index < -0.39 is 0 Å². The number of likely N-dealkylation sites (N-methyl/N-ethyl adjacent to an activating group) is 1. The molecule has 1 rings (SSSR count). The molecule has 1 heterocycles. The van der Waals surface area contributed by atoms with Gasteiger partial charge in [-0.25, -0.2) is 0 Å². The van der Waals surface area contributed by atoms with Crippen LogP contribution in [0.3, 0.4) is 0 Å². The fourth-order valence-corrected chi connectivity index (χ4v) is 1.41. The predicted octanol–water partition coefficient (Wildman–Crippen LogP) is 0.848. The van der Waals surface area contributed by atoms with Crippen LogP contribution in [0.15, 0.2) is 0 Å². The molecule has 0 aromatic carbocycles. The highest BCUT2D eigenvalue weighted by atomic mass is 15.2. The van der Waals surface area contributed by atoms with Gasteiger partial charge in [0.05, 0.1) is 0 Å². The summed E-state index contributed by atoms with van der Waals surface area (Å²) < 4.78 is 0. The van der Waals surface area contributed by atoms with Gasteiger partial charge >= 0.3 is 0 Å². The van der Waals surface area contributed by atoms with Gasteiger partial charge in [-0.05, 0) is 20.0 Å². The van der Waals surface area contributed by atoms with Gasteiger partial charge in [-0.3, -0.25) is 0 Å². The molecule has 0 aliphatic carbocycles. The zero-order valence-electron chi connectivity index (χ0n) is 7.55. The number of nitrogens with zero attached hydrogens (tertiary/aromatic N) is 2. The second-order valence-electron chi connectivity index (χ2n) is 3.35. The van der Waals surface area contributed by atoms with Gasteiger partial charge in [-0.1, -0.05) is 13.3 Å². The minimum absolute atomic E-state index is 1.08. The quantitative estimate of drug-likeness (QED) is 0.596. The highest BCUT2D eigenvalue weighted by molar-refractivity contribution is 4.68. The van der Waals surface area contributed by atoms with Gasteiger partial charge < -0.3 is 9.80 Å². The zero-order chi connectivity index (χ0) is 8.10. The number of piperazine rings is 1. The van der Waals surface area contributed by atoms with Gasteiger partial charge in [0.2, 0.25) is 0 Å². The molecule has 1 saturated heterocycles. The molecule has 2 heteroatoms. The van der Waals surface area contributed by atoms with Crippen molar-refractivity contribution in [3.63, 3.8) is 0 Å². The van der Waals surface area contributed by atoms with E-state index in [1.54, 1.807) is 0 Å². The van der Waals surface area contributed by atoms with Gasteiger partial charge in [-0.15, -0.1) is 0 Å². The van der Waals surface area contributed by atoms with Crippen LogP contribution >= 0.6 is 0 Å². The standard InChI is InChI=1S/C9H19N2/c1-3-4-5-11-8-6-10(2)7-9-11/h1,3-9H2,2H3. The highest BCUT2D eigenvalue weighted by Crippen LogP contribution is 2.00. The van der Waals surface area contributed by atoms with Crippen LogP contribution in [0.1, 0.15) is 12.8 Å². The van der Waals surface area contributed by atoms with Crippen molar-refractivity contribution >= 4 is 0 Å². The van der Waals surface area contributed by atoms with Crippen LogP contribution in [-0.4, -0.2) is 49.6 Å². The summed E-state index contributed by atoms with van der Waals surface area (Å²) in [5.41, 5.74) is 0. The fraction of sp³-hybridized carbons (Fsp3) is 0.889. The fourth-order valence-electron chi connectivity index (χ4n) is 1.41. The number of rotatable bonds is 3. The molecule has 11 heavy (non-hydrogen) atoms. The highest BCUT2D eigenvalue weighted by Gasteiger charge is 2.11. The minimum atomic E-state index is 1.08. The summed E-state index contributed by atoms with van der Waals surface area (Å²) in [6, 6.07) is 0. The lowest BCUT2D eigenvalue weighted by atomic mass is 10.3. The van der Waals surface area contributed by atoms with E-state index in [1.807, 2.05) is 0 Å². The molecule has 0 aromatic rings. The summed E-state index contributed by atoms with van der Waals surface area (Å²) >= 11 is 0. The van der Waals surface area contributed by atoms with Crippen molar-refractivity contribution in [1.29, 1.82) is 0 Å². The van der Waals surface area contributed by atoms with Crippen molar-refractivity contribution in [1.82, 2.24) is 9.80 Å². The molecule has 0 bridgehead atoms. The molecular formula is C9H19N2. The molecule has 1 fully saturated rings. The molecule has 0 spiro atoms. The molecule has 0 atom stereocenters. The lowest BCUT2D eigenvalue weighted by Crippen LogP contribution is -2.44. The van der Waals surface area contributed by atoms with Gasteiger partial charge in [0.1, 0.15) is 0 Å². The number of unbranched alkanes of at least 4 members (excludes halogenated alkanes) is 1. The third kappa shape index (κ3) is 3.21. The second kappa shape index (κ2) is 4.73. The van der Waals surface area contributed by atoms with E-state index in [4.69, 9.17) is 0 Å². The summed E-state index contributed by atoms with van der Waals surface area (Å²) in [4.78, 5) is 4.92. The van der Waals surface area contributed by atoms with E-state index in [2.05, 4.69) is 23.8 Å². The van der Waals surface area contributed by atoms with Gasteiger partial charge in [0.15, 0.2) is 0 Å². The lowest BCUT2D eigenvalue weighted by molar-refractivity contribution is 0.153. The summed E-state index contributed by atoms with van der Waals surface area (Å²) in [7, 11) is 2.19. The van der Waals surface area contributed by atoms with Crippen molar-refractivity contribution in [2.45, 2.75) is 12.8 Å². The predicted molar refractivity (Wildman–Crippen MR) is 48.5 cm³/mol. The first-order valence-corrected chi connectivity index (χ1v) is 4.53. The van der Waals surface area contributed by atoms with Gasteiger partial charge in [0, 0.05) is 26.2 Å². The maximum atomic E-state index is 3.85. The van der Waals surface area contributed by atoms with E-state index in [0.29, 0.717) is 0 Å². The second-order valence-corrected chi connectivity index (χ2v) is 3.35. The average molecular weight is 155 g/mol. The van der Waals surface area contributed by atoms with Gasteiger partial charge in [0.25, 0.3) is 0 Å². The Morgan fingerprint density at radius 2 is 1.82 bits per heavy atom. The summed E-state index contributed by atoms with van der Waals surface area (Å²) in [6.45, 7) is 10.1.